The molecule has 146 valence electrons. The minimum atomic E-state index is -4.65. The number of thioether (sulfide) groups is 1. The monoisotopic (exact) mass is 424 g/mol. The Balaban J connectivity index is 1.97. The Labute approximate surface area is 167 Å². The molecule has 0 amide bonds. The van der Waals surface area contributed by atoms with Crippen LogP contribution in [0, 0.1) is 11.3 Å². The second-order valence-corrected chi connectivity index (χ2v) is 7.69. The van der Waals surface area contributed by atoms with Crippen molar-refractivity contribution < 1.29 is 13.2 Å². The van der Waals surface area contributed by atoms with Crippen molar-refractivity contribution in [3.63, 3.8) is 0 Å². The van der Waals surface area contributed by atoms with E-state index in [-0.39, 0.29) is 16.5 Å². The van der Waals surface area contributed by atoms with Gasteiger partial charge in [0.25, 0.3) is 0 Å². The van der Waals surface area contributed by atoms with Crippen LogP contribution in [0.3, 0.4) is 0 Å². The van der Waals surface area contributed by atoms with Gasteiger partial charge in [-0.25, -0.2) is 9.67 Å². The number of pyridine rings is 1. The maximum Gasteiger partial charge on any atom is 0.417 e. The highest BCUT2D eigenvalue weighted by Gasteiger charge is 2.36. The molecule has 3 rings (SSSR count). The molecule has 0 saturated carbocycles. The molecule has 0 saturated heterocycles. The molecule has 0 aliphatic heterocycles. The van der Waals surface area contributed by atoms with E-state index in [0.29, 0.717) is 17.2 Å². The molecule has 0 N–H and O–H groups in total. The van der Waals surface area contributed by atoms with E-state index in [1.165, 1.54) is 11.3 Å². The Morgan fingerprint density at radius 3 is 2.82 bits per heavy atom. The van der Waals surface area contributed by atoms with Crippen LogP contribution in [-0.4, -0.2) is 25.2 Å². The largest absolute Gasteiger partial charge is 0.417 e. The number of rotatable bonds is 7. The van der Waals surface area contributed by atoms with E-state index in [0.717, 1.165) is 30.7 Å². The first-order chi connectivity index (χ1) is 13.4. The summed E-state index contributed by atoms with van der Waals surface area (Å²) in [5.41, 5.74) is -1.28. The number of aromatic nitrogens is 5. The fourth-order valence-corrected chi connectivity index (χ4v) is 4.07. The average molecular weight is 424 g/mol. The topological polar surface area (TPSA) is 80.3 Å². The highest BCUT2D eigenvalue weighted by Crippen LogP contribution is 2.39. The molecule has 3 aromatic rings. The molecule has 0 fully saturated rings. The predicted molar refractivity (Wildman–Crippen MR) is 99.6 cm³/mol. The summed E-state index contributed by atoms with van der Waals surface area (Å²) in [6, 6.07) is 6.03. The maximum atomic E-state index is 13.5. The molecule has 0 aliphatic carbocycles. The van der Waals surface area contributed by atoms with Crippen molar-refractivity contribution >= 4 is 23.1 Å². The molecule has 11 heteroatoms. The van der Waals surface area contributed by atoms with E-state index in [1.807, 2.05) is 6.92 Å². The molecule has 0 aromatic carbocycles. The van der Waals surface area contributed by atoms with Crippen LogP contribution in [-0.2, 0) is 18.5 Å². The van der Waals surface area contributed by atoms with Crippen LogP contribution in [0.25, 0.3) is 10.6 Å². The molecule has 0 spiro atoms. The zero-order chi connectivity index (χ0) is 20.1. The average Bonchev–Trinajstić information content (AvgIpc) is 3.35. The Morgan fingerprint density at radius 1 is 1.36 bits per heavy atom. The third-order valence-electron chi connectivity index (χ3n) is 3.84. The number of aryl methyl sites for hydroxylation is 1. The van der Waals surface area contributed by atoms with Crippen molar-refractivity contribution in [3.8, 4) is 16.6 Å². The Bertz CT molecular complexity index is 976. The molecule has 0 unspecified atom stereocenters. The summed E-state index contributed by atoms with van der Waals surface area (Å²) in [5, 5.41) is 22.6. The Kier molecular flexibility index (Phi) is 6.31. The van der Waals surface area contributed by atoms with Gasteiger partial charge in [0.2, 0.25) is 0 Å². The number of hydrogen-bond acceptors (Lipinski definition) is 7. The van der Waals surface area contributed by atoms with Crippen LogP contribution < -0.4 is 0 Å². The highest BCUT2D eigenvalue weighted by molar-refractivity contribution is 7.98. The first-order valence-corrected chi connectivity index (χ1v) is 10.2. The molecule has 3 aromatic heterocycles. The van der Waals surface area contributed by atoms with Crippen LogP contribution in [0.5, 0.6) is 0 Å². The van der Waals surface area contributed by atoms with Crippen LogP contribution >= 0.6 is 23.1 Å². The lowest BCUT2D eigenvalue weighted by atomic mass is 10.1. The van der Waals surface area contributed by atoms with E-state index < -0.39 is 17.3 Å². The predicted octanol–water partition coefficient (Wildman–Crippen LogP) is 4.78. The molecular weight excluding hydrogens is 409 g/mol. The fourth-order valence-electron chi connectivity index (χ4n) is 2.45. The van der Waals surface area contributed by atoms with Gasteiger partial charge in [-0.3, -0.25) is 0 Å². The van der Waals surface area contributed by atoms with Gasteiger partial charge < -0.3 is 0 Å². The number of nitrogens with zero attached hydrogens (tertiary/aromatic N) is 6. The number of alkyl halides is 3. The van der Waals surface area contributed by atoms with Crippen molar-refractivity contribution in [3.05, 3.63) is 40.5 Å². The summed E-state index contributed by atoms with van der Waals surface area (Å²) in [5.74, 6) is 0.739. The van der Waals surface area contributed by atoms with Crippen molar-refractivity contribution in [2.45, 2.75) is 43.3 Å². The summed E-state index contributed by atoms with van der Waals surface area (Å²) in [6.45, 7) is 2.66. The van der Waals surface area contributed by atoms with Crippen molar-refractivity contribution in [2.24, 2.45) is 0 Å². The highest BCUT2D eigenvalue weighted by atomic mass is 32.2. The van der Waals surface area contributed by atoms with Gasteiger partial charge in [-0.1, -0.05) is 31.2 Å². The van der Waals surface area contributed by atoms with Crippen molar-refractivity contribution in [1.82, 2.24) is 25.2 Å². The third kappa shape index (κ3) is 4.51. The van der Waals surface area contributed by atoms with Gasteiger partial charge >= 0.3 is 6.18 Å². The summed E-state index contributed by atoms with van der Waals surface area (Å²) in [4.78, 5) is 4.93. The van der Waals surface area contributed by atoms with Gasteiger partial charge in [-0.15, -0.1) is 16.4 Å². The van der Waals surface area contributed by atoms with Gasteiger partial charge in [0.15, 0.2) is 5.82 Å². The number of nitriles is 1. The Morgan fingerprint density at radius 2 is 2.18 bits per heavy atom. The molecule has 0 atom stereocenters. The number of tetrazole rings is 1. The van der Waals surface area contributed by atoms with Crippen LogP contribution in [0.15, 0.2) is 28.6 Å². The van der Waals surface area contributed by atoms with Crippen LogP contribution in [0.1, 0.15) is 36.7 Å². The summed E-state index contributed by atoms with van der Waals surface area (Å²) in [7, 11) is 0. The smallest absolute Gasteiger partial charge is 0.239 e. The van der Waals surface area contributed by atoms with Crippen molar-refractivity contribution in [2.75, 3.05) is 0 Å². The number of halogens is 3. The lowest BCUT2D eigenvalue weighted by molar-refractivity contribution is -0.138. The minimum Gasteiger partial charge on any atom is -0.239 e. The summed E-state index contributed by atoms with van der Waals surface area (Å²) < 4.78 is 42.2. The fraction of sp³-hybridized carbons (Fsp3) is 0.353. The maximum absolute atomic E-state index is 13.5. The van der Waals surface area contributed by atoms with E-state index in [9.17, 15) is 18.4 Å². The summed E-state index contributed by atoms with van der Waals surface area (Å²) >= 11 is 2.31. The molecule has 3 heterocycles. The zero-order valence-electron chi connectivity index (χ0n) is 14.8. The third-order valence-corrected chi connectivity index (χ3v) is 5.71. The SMILES string of the molecule is CCCCn1nnnc1CSc1nc(-c2cccs2)cc(C(F)(F)F)c1C#N. The standard InChI is InChI=1S/C17H15F3N6S2/c1-2-3-6-26-15(23-24-25-26)10-28-16-11(9-21)12(17(18,19)20)8-13(22-16)14-5-4-7-27-14/h4-5,7-8H,2-3,6,10H2,1H3. The van der Waals surface area contributed by atoms with Gasteiger partial charge in [-0.05, 0) is 34.4 Å². The van der Waals surface area contributed by atoms with Gasteiger partial charge in [0.1, 0.15) is 11.1 Å². The van der Waals surface area contributed by atoms with E-state index in [1.54, 1.807) is 28.3 Å². The first kappa shape index (κ1) is 20.3. The van der Waals surface area contributed by atoms with E-state index in [2.05, 4.69) is 20.5 Å². The van der Waals surface area contributed by atoms with Gasteiger partial charge in [0, 0.05) is 6.54 Å². The van der Waals surface area contributed by atoms with Crippen molar-refractivity contribution in [1.29, 1.82) is 5.26 Å². The lowest BCUT2D eigenvalue weighted by Gasteiger charge is -2.13. The molecule has 0 radical (unpaired) electrons. The van der Waals surface area contributed by atoms with Crippen LogP contribution in [0.2, 0.25) is 0 Å². The van der Waals surface area contributed by atoms with E-state index in [4.69, 9.17) is 0 Å². The number of thiophene rings is 1. The minimum absolute atomic E-state index is 0.0192. The quantitative estimate of drug-likeness (QED) is 0.508. The molecular formula is C17H15F3N6S2. The van der Waals surface area contributed by atoms with Gasteiger partial charge in [0.05, 0.1) is 27.5 Å². The normalized spacial score (nSPS) is 11.5. The second-order valence-electron chi connectivity index (χ2n) is 5.78. The zero-order valence-corrected chi connectivity index (χ0v) is 16.4. The Hall–Kier alpha value is -2.45. The summed E-state index contributed by atoms with van der Waals surface area (Å²) in [6.07, 6.45) is -2.81. The van der Waals surface area contributed by atoms with E-state index >= 15 is 0 Å². The number of hydrogen-bond donors (Lipinski definition) is 0. The molecule has 0 bridgehead atoms. The molecule has 28 heavy (non-hydrogen) atoms. The lowest BCUT2D eigenvalue weighted by Crippen LogP contribution is -2.11. The van der Waals surface area contributed by atoms with Crippen LogP contribution in [0.4, 0.5) is 13.2 Å². The first-order valence-electron chi connectivity index (χ1n) is 8.38. The molecule has 6 nitrogen and oxygen atoms in total. The molecule has 0 aliphatic rings. The van der Waals surface area contributed by atoms with Gasteiger partial charge in [-0.2, -0.15) is 18.4 Å². The second kappa shape index (κ2) is 8.70. The number of unbranched alkanes of at least 4 members (excludes halogenated alkanes) is 1.